The summed E-state index contributed by atoms with van der Waals surface area (Å²) in [7, 11) is 0. The molecule has 1 saturated carbocycles. The van der Waals surface area contributed by atoms with Crippen LogP contribution in [0.2, 0.25) is 0 Å². The molecule has 3 N–H and O–H groups in total. The first-order chi connectivity index (χ1) is 9.38. The van der Waals surface area contributed by atoms with E-state index in [1.165, 1.54) is 30.4 Å². The summed E-state index contributed by atoms with van der Waals surface area (Å²) in [6.45, 7) is 0. The third kappa shape index (κ3) is 2.53. The topological polar surface area (TPSA) is 50.9 Å². The maximum atomic E-state index is 5.69. The SMILES string of the molecule is NNC(c1ccc(C2CCC2)cc1)c1cccnc1. The van der Waals surface area contributed by atoms with E-state index < -0.39 is 0 Å². The Balaban J connectivity index is 1.83. The van der Waals surface area contributed by atoms with Gasteiger partial charge in [-0.05, 0) is 41.5 Å². The molecule has 0 aliphatic heterocycles. The van der Waals surface area contributed by atoms with E-state index in [9.17, 15) is 0 Å². The molecular formula is C16H19N3. The van der Waals surface area contributed by atoms with Gasteiger partial charge in [0.05, 0.1) is 6.04 Å². The van der Waals surface area contributed by atoms with Gasteiger partial charge in [-0.15, -0.1) is 0 Å². The zero-order valence-electron chi connectivity index (χ0n) is 10.9. The molecule has 0 bridgehead atoms. The fourth-order valence-electron chi connectivity index (χ4n) is 2.63. The number of hydrogen-bond acceptors (Lipinski definition) is 3. The molecule has 0 spiro atoms. The average molecular weight is 253 g/mol. The first kappa shape index (κ1) is 12.3. The lowest BCUT2D eigenvalue weighted by molar-refractivity contribution is 0.419. The second-order valence-electron chi connectivity index (χ2n) is 5.18. The number of pyridine rings is 1. The normalized spacial score (nSPS) is 16.9. The van der Waals surface area contributed by atoms with Crippen molar-refractivity contribution in [3.05, 3.63) is 65.5 Å². The van der Waals surface area contributed by atoms with Crippen molar-refractivity contribution in [3.63, 3.8) is 0 Å². The van der Waals surface area contributed by atoms with Crippen LogP contribution in [0.3, 0.4) is 0 Å². The molecule has 2 aromatic rings. The van der Waals surface area contributed by atoms with Gasteiger partial charge < -0.3 is 0 Å². The molecule has 1 aromatic carbocycles. The highest BCUT2D eigenvalue weighted by Gasteiger charge is 2.20. The van der Waals surface area contributed by atoms with Crippen molar-refractivity contribution < 1.29 is 0 Å². The van der Waals surface area contributed by atoms with Crippen LogP contribution < -0.4 is 11.3 Å². The van der Waals surface area contributed by atoms with Crippen molar-refractivity contribution in [3.8, 4) is 0 Å². The number of rotatable bonds is 4. The summed E-state index contributed by atoms with van der Waals surface area (Å²) in [6.07, 6.45) is 7.66. The van der Waals surface area contributed by atoms with Gasteiger partial charge in [-0.2, -0.15) is 0 Å². The molecule has 1 aliphatic rings. The fourth-order valence-corrected chi connectivity index (χ4v) is 2.63. The molecule has 3 rings (SSSR count). The zero-order chi connectivity index (χ0) is 13.1. The minimum atomic E-state index is 0.00383. The molecule has 0 radical (unpaired) electrons. The number of nitrogens with zero attached hydrogens (tertiary/aromatic N) is 1. The Morgan fingerprint density at radius 1 is 1.11 bits per heavy atom. The van der Waals surface area contributed by atoms with E-state index in [2.05, 4.69) is 34.7 Å². The first-order valence-corrected chi connectivity index (χ1v) is 6.84. The smallest absolute Gasteiger partial charge is 0.0725 e. The summed E-state index contributed by atoms with van der Waals surface area (Å²) in [6, 6.07) is 12.8. The van der Waals surface area contributed by atoms with Crippen LogP contribution in [-0.4, -0.2) is 4.98 Å². The summed E-state index contributed by atoms with van der Waals surface area (Å²) in [4.78, 5) is 4.15. The Morgan fingerprint density at radius 2 is 1.89 bits per heavy atom. The predicted molar refractivity (Wildman–Crippen MR) is 76.4 cm³/mol. The van der Waals surface area contributed by atoms with Crippen molar-refractivity contribution in [1.29, 1.82) is 0 Å². The minimum Gasteiger partial charge on any atom is -0.271 e. The lowest BCUT2D eigenvalue weighted by Gasteiger charge is -2.26. The summed E-state index contributed by atoms with van der Waals surface area (Å²) in [5, 5.41) is 0. The van der Waals surface area contributed by atoms with Crippen LogP contribution in [0.1, 0.15) is 47.9 Å². The van der Waals surface area contributed by atoms with Crippen molar-refractivity contribution >= 4 is 0 Å². The molecule has 3 heteroatoms. The number of hydrogen-bond donors (Lipinski definition) is 2. The zero-order valence-corrected chi connectivity index (χ0v) is 10.9. The van der Waals surface area contributed by atoms with Crippen LogP contribution in [0.25, 0.3) is 0 Å². The summed E-state index contributed by atoms with van der Waals surface area (Å²) < 4.78 is 0. The number of nitrogens with two attached hydrogens (primary N) is 1. The number of aromatic nitrogens is 1. The summed E-state index contributed by atoms with van der Waals surface area (Å²) in [5.41, 5.74) is 6.59. The number of benzene rings is 1. The van der Waals surface area contributed by atoms with Crippen molar-refractivity contribution in [1.82, 2.24) is 10.4 Å². The Morgan fingerprint density at radius 3 is 2.42 bits per heavy atom. The lowest BCUT2D eigenvalue weighted by Crippen LogP contribution is -2.28. The van der Waals surface area contributed by atoms with Crippen LogP contribution in [0.4, 0.5) is 0 Å². The first-order valence-electron chi connectivity index (χ1n) is 6.84. The van der Waals surface area contributed by atoms with Crippen LogP contribution >= 0.6 is 0 Å². The van der Waals surface area contributed by atoms with E-state index in [0.29, 0.717) is 0 Å². The van der Waals surface area contributed by atoms with Gasteiger partial charge >= 0.3 is 0 Å². The molecule has 98 valence electrons. The van der Waals surface area contributed by atoms with E-state index in [1.54, 1.807) is 6.20 Å². The van der Waals surface area contributed by atoms with Crippen LogP contribution in [0.15, 0.2) is 48.8 Å². The molecule has 3 nitrogen and oxygen atoms in total. The Bertz CT molecular complexity index is 517. The van der Waals surface area contributed by atoms with E-state index in [0.717, 1.165) is 11.5 Å². The van der Waals surface area contributed by atoms with Crippen LogP contribution in [-0.2, 0) is 0 Å². The van der Waals surface area contributed by atoms with Gasteiger partial charge in [-0.25, -0.2) is 5.43 Å². The standard InChI is InChI=1S/C16H19N3/c17-19-16(15-5-2-10-18-11-15)14-8-6-13(7-9-14)12-3-1-4-12/h2,5-12,16,19H,1,3-4,17H2. The third-order valence-electron chi connectivity index (χ3n) is 4.03. The van der Waals surface area contributed by atoms with Gasteiger partial charge in [-0.1, -0.05) is 36.8 Å². The number of hydrazine groups is 1. The maximum Gasteiger partial charge on any atom is 0.0725 e. The van der Waals surface area contributed by atoms with Crippen molar-refractivity contribution in [2.24, 2.45) is 5.84 Å². The van der Waals surface area contributed by atoms with E-state index in [4.69, 9.17) is 5.84 Å². The average Bonchev–Trinajstić information content (AvgIpc) is 2.41. The molecule has 1 fully saturated rings. The van der Waals surface area contributed by atoms with Gasteiger partial charge in [0.15, 0.2) is 0 Å². The van der Waals surface area contributed by atoms with Gasteiger partial charge in [-0.3, -0.25) is 10.8 Å². The second kappa shape index (κ2) is 5.51. The largest absolute Gasteiger partial charge is 0.271 e. The predicted octanol–water partition coefficient (Wildman–Crippen LogP) is 2.90. The molecule has 1 unspecified atom stereocenters. The van der Waals surface area contributed by atoms with Gasteiger partial charge in [0.2, 0.25) is 0 Å². The Kier molecular flexibility index (Phi) is 3.58. The molecule has 1 aromatic heterocycles. The molecule has 0 saturated heterocycles. The highest BCUT2D eigenvalue weighted by molar-refractivity contribution is 5.33. The van der Waals surface area contributed by atoms with E-state index >= 15 is 0 Å². The summed E-state index contributed by atoms with van der Waals surface area (Å²) in [5.74, 6) is 6.47. The Labute approximate surface area is 113 Å². The molecule has 1 atom stereocenters. The quantitative estimate of drug-likeness (QED) is 0.650. The summed E-state index contributed by atoms with van der Waals surface area (Å²) >= 11 is 0. The second-order valence-corrected chi connectivity index (χ2v) is 5.18. The molecule has 0 amide bonds. The maximum absolute atomic E-state index is 5.69. The molecule has 1 aliphatic carbocycles. The minimum absolute atomic E-state index is 0.00383. The highest BCUT2D eigenvalue weighted by atomic mass is 15.2. The van der Waals surface area contributed by atoms with Gasteiger partial charge in [0.25, 0.3) is 0 Å². The van der Waals surface area contributed by atoms with E-state index in [1.807, 2.05) is 18.3 Å². The van der Waals surface area contributed by atoms with Gasteiger partial charge in [0.1, 0.15) is 0 Å². The molecular weight excluding hydrogens is 234 g/mol. The Hall–Kier alpha value is -1.71. The van der Waals surface area contributed by atoms with E-state index in [-0.39, 0.29) is 6.04 Å². The lowest BCUT2D eigenvalue weighted by atomic mass is 9.79. The van der Waals surface area contributed by atoms with Crippen LogP contribution in [0, 0.1) is 0 Å². The highest BCUT2D eigenvalue weighted by Crippen LogP contribution is 2.36. The van der Waals surface area contributed by atoms with Crippen molar-refractivity contribution in [2.45, 2.75) is 31.2 Å². The fraction of sp³-hybridized carbons (Fsp3) is 0.312. The van der Waals surface area contributed by atoms with Crippen molar-refractivity contribution in [2.75, 3.05) is 0 Å². The van der Waals surface area contributed by atoms with Crippen LogP contribution in [0.5, 0.6) is 0 Å². The molecule has 19 heavy (non-hydrogen) atoms. The third-order valence-corrected chi connectivity index (χ3v) is 4.03. The monoisotopic (exact) mass is 253 g/mol. The van der Waals surface area contributed by atoms with Gasteiger partial charge in [0, 0.05) is 12.4 Å². The molecule has 1 heterocycles. The number of nitrogens with one attached hydrogen (secondary N) is 1.